The van der Waals surface area contributed by atoms with Gasteiger partial charge in [-0.15, -0.1) is 11.8 Å². The smallest absolute Gasteiger partial charge is 0.242 e. The van der Waals surface area contributed by atoms with E-state index in [0.717, 1.165) is 36.8 Å². The van der Waals surface area contributed by atoms with Gasteiger partial charge in [0.1, 0.15) is 6.04 Å². The molecule has 1 fully saturated rings. The van der Waals surface area contributed by atoms with Crippen LogP contribution in [-0.4, -0.2) is 34.6 Å². The van der Waals surface area contributed by atoms with Gasteiger partial charge in [0.05, 0.1) is 5.75 Å². The van der Waals surface area contributed by atoms with Crippen LogP contribution in [0.1, 0.15) is 43.7 Å². The second-order valence-corrected chi connectivity index (χ2v) is 9.79. The van der Waals surface area contributed by atoms with E-state index in [4.69, 9.17) is 23.2 Å². The van der Waals surface area contributed by atoms with E-state index < -0.39 is 6.04 Å². The third-order valence-electron chi connectivity index (χ3n) is 5.54. The summed E-state index contributed by atoms with van der Waals surface area (Å²) in [5.74, 6) is 0.873. The van der Waals surface area contributed by atoms with Crippen LogP contribution in [0.3, 0.4) is 0 Å². The van der Waals surface area contributed by atoms with Crippen LogP contribution >= 0.6 is 35.0 Å². The van der Waals surface area contributed by atoms with Gasteiger partial charge in [0.25, 0.3) is 0 Å². The lowest BCUT2D eigenvalue weighted by molar-refractivity contribution is -0.138. The molecule has 1 unspecified atom stereocenters. The van der Waals surface area contributed by atoms with E-state index in [-0.39, 0.29) is 17.9 Å². The Labute approximate surface area is 198 Å². The summed E-state index contributed by atoms with van der Waals surface area (Å²) in [6, 6.07) is 14.7. The molecular weight excluding hydrogens is 451 g/mol. The molecule has 0 radical (unpaired) electrons. The number of thioether (sulfide) groups is 1. The molecule has 7 heteroatoms. The number of carbonyl (C=O) groups is 2. The van der Waals surface area contributed by atoms with Crippen LogP contribution in [0.2, 0.25) is 10.0 Å². The van der Waals surface area contributed by atoms with Gasteiger partial charge in [0.2, 0.25) is 11.8 Å². The first-order valence-corrected chi connectivity index (χ1v) is 12.5. The average Bonchev–Trinajstić information content (AvgIpc) is 3.27. The molecule has 0 aliphatic heterocycles. The Kier molecular flexibility index (Phi) is 9.12. The molecule has 1 saturated carbocycles. The highest BCUT2D eigenvalue weighted by molar-refractivity contribution is 7.99. The molecule has 166 valence electrons. The van der Waals surface area contributed by atoms with Gasteiger partial charge < -0.3 is 10.2 Å². The molecule has 1 aliphatic carbocycles. The minimum atomic E-state index is -0.542. The number of hydrogen-bond acceptors (Lipinski definition) is 3. The Hall–Kier alpha value is -1.69. The van der Waals surface area contributed by atoms with Crippen molar-refractivity contribution in [3.8, 4) is 0 Å². The highest BCUT2D eigenvalue weighted by Gasteiger charge is 2.28. The Balaban J connectivity index is 1.64. The van der Waals surface area contributed by atoms with Crippen LogP contribution in [0.4, 0.5) is 0 Å². The molecule has 2 aromatic rings. The van der Waals surface area contributed by atoms with Crippen molar-refractivity contribution in [1.82, 2.24) is 10.2 Å². The van der Waals surface area contributed by atoms with E-state index >= 15 is 0 Å². The number of benzene rings is 2. The summed E-state index contributed by atoms with van der Waals surface area (Å²) in [6.45, 7) is 2.18. The molecule has 0 bridgehead atoms. The number of nitrogens with one attached hydrogen (secondary N) is 1. The van der Waals surface area contributed by atoms with Gasteiger partial charge in [-0.25, -0.2) is 0 Å². The van der Waals surface area contributed by atoms with Crippen molar-refractivity contribution in [3.63, 3.8) is 0 Å². The molecule has 1 aliphatic rings. The minimum Gasteiger partial charge on any atom is -0.352 e. The lowest BCUT2D eigenvalue weighted by Gasteiger charge is -2.29. The van der Waals surface area contributed by atoms with Crippen molar-refractivity contribution >= 4 is 46.8 Å². The minimum absolute atomic E-state index is 0.0528. The number of nitrogens with zero attached hydrogens (tertiary/aromatic N) is 1. The van der Waals surface area contributed by atoms with Crippen molar-refractivity contribution in [3.05, 3.63) is 69.7 Å². The van der Waals surface area contributed by atoms with Gasteiger partial charge in [-0.3, -0.25) is 9.59 Å². The third kappa shape index (κ3) is 7.44. The summed E-state index contributed by atoms with van der Waals surface area (Å²) >= 11 is 13.5. The lowest BCUT2D eigenvalue weighted by Crippen LogP contribution is -2.50. The molecule has 1 atom stereocenters. The fourth-order valence-corrected chi connectivity index (χ4v) is 4.80. The van der Waals surface area contributed by atoms with E-state index in [2.05, 4.69) is 5.32 Å². The van der Waals surface area contributed by atoms with Crippen molar-refractivity contribution in [1.29, 1.82) is 0 Å². The Bertz CT molecular complexity index is 868. The molecule has 1 N–H and O–H groups in total. The van der Waals surface area contributed by atoms with Gasteiger partial charge >= 0.3 is 0 Å². The van der Waals surface area contributed by atoms with Crippen LogP contribution in [-0.2, 0) is 21.9 Å². The number of hydrogen-bond donors (Lipinski definition) is 1. The molecule has 0 spiro atoms. The number of halogens is 2. The van der Waals surface area contributed by atoms with Crippen LogP contribution in [0.15, 0.2) is 48.5 Å². The molecule has 4 nitrogen and oxygen atoms in total. The van der Waals surface area contributed by atoms with Gasteiger partial charge in [-0.2, -0.15) is 0 Å². The molecule has 0 aromatic heterocycles. The van der Waals surface area contributed by atoms with Crippen LogP contribution < -0.4 is 5.32 Å². The summed E-state index contributed by atoms with van der Waals surface area (Å²) in [4.78, 5) is 27.7. The van der Waals surface area contributed by atoms with E-state index in [1.807, 2.05) is 43.3 Å². The Morgan fingerprint density at radius 2 is 1.55 bits per heavy atom. The topological polar surface area (TPSA) is 49.4 Å². The van der Waals surface area contributed by atoms with E-state index in [0.29, 0.717) is 28.1 Å². The van der Waals surface area contributed by atoms with Gasteiger partial charge in [0, 0.05) is 28.4 Å². The number of amides is 2. The summed E-state index contributed by atoms with van der Waals surface area (Å²) in [5, 5.41) is 4.46. The van der Waals surface area contributed by atoms with Gasteiger partial charge in [0.15, 0.2) is 0 Å². The molecular formula is C24H28Cl2N2O2S. The van der Waals surface area contributed by atoms with Crippen molar-refractivity contribution in [2.75, 3.05) is 5.75 Å². The quantitative estimate of drug-likeness (QED) is 0.502. The second kappa shape index (κ2) is 11.8. The van der Waals surface area contributed by atoms with E-state index in [1.54, 1.807) is 17.0 Å². The summed E-state index contributed by atoms with van der Waals surface area (Å²) < 4.78 is 0. The molecule has 3 rings (SSSR count). The first kappa shape index (κ1) is 24.0. The maximum atomic E-state index is 13.1. The SMILES string of the molecule is CC(C(=O)NC1CCCC1)N(Cc1ccc(Cl)cc1)C(=O)CSCc1ccc(Cl)cc1. The summed E-state index contributed by atoms with van der Waals surface area (Å²) in [7, 11) is 0. The number of carbonyl (C=O) groups excluding carboxylic acids is 2. The molecule has 0 heterocycles. The van der Waals surface area contributed by atoms with Crippen LogP contribution in [0, 0.1) is 0 Å². The maximum absolute atomic E-state index is 13.1. The van der Waals surface area contributed by atoms with Gasteiger partial charge in [-0.1, -0.05) is 60.3 Å². The third-order valence-corrected chi connectivity index (χ3v) is 7.04. The van der Waals surface area contributed by atoms with Crippen LogP contribution in [0.25, 0.3) is 0 Å². The normalized spacial score (nSPS) is 14.9. The van der Waals surface area contributed by atoms with Crippen LogP contribution in [0.5, 0.6) is 0 Å². The highest BCUT2D eigenvalue weighted by atomic mass is 35.5. The predicted molar refractivity (Wildman–Crippen MR) is 129 cm³/mol. The van der Waals surface area contributed by atoms with Crippen molar-refractivity contribution < 1.29 is 9.59 Å². The molecule has 2 aromatic carbocycles. The second-order valence-electron chi connectivity index (χ2n) is 7.93. The first-order chi connectivity index (χ1) is 14.9. The van der Waals surface area contributed by atoms with Crippen molar-refractivity contribution in [2.24, 2.45) is 0 Å². The van der Waals surface area contributed by atoms with Crippen molar-refractivity contribution in [2.45, 2.75) is 57.0 Å². The Morgan fingerprint density at radius 3 is 2.13 bits per heavy atom. The lowest BCUT2D eigenvalue weighted by atomic mass is 10.1. The highest BCUT2D eigenvalue weighted by Crippen LogP contribution is 2.20. The molecule has 31 heavy (non-hydrogen) atoms. The standard InChI is InChI=1S/C24H28Cl2N2O2S/c1-17(24(30)27-22-4-2-3-5-22)28(14-18-6-10-20(25)11-7-18)23(29)16-31-15-19-8-12-21(26)13-9-19/h6-13,17,22H,2-5,14-16H2,1H3,(H,27,30). The summed E-state index contributed by atoms with van der Waals surface area (Å²) in [6.07, 6.45) is 4.32. The average molecular weight is 479 g/mol. The molecule has 0 saturated heterocycles. The zero-order chi connectivity index (χ0) is 22.2. The van der Waals surface area contributed by atoms with E-state index in [9.17, 15) is 9.59 Å². The fourth-order valence-electron chi connectivity index (χ4n) is 3.68. The van der Waals surface area contributed by atoms with Gasteiger partial charge in [-0.05, 0) is 55.2 Å². The number of rotatable bonds is 9. The van der Waals surface area contributed by atoms with E-state index in [1.165, 1.54) is 11.8 Å². The monoisotopic (exact) mass is 478 g/mol. The molecule has 2 amide bonds. The zero-order valence-electron chi connectivity index (χ0n) is 17.7. The first-order valence-electron chi connectivity index (χ1n) is 10.6. The Morgan fingerprint density at radius 1 is 1.00 bits per heavy atom. The fraction of sp³-hybridized carbons (Fsp3) is 0.417. The largest absolute Gasteiger partial charge is 0.352 e. The zero-order valence-corrected chi connectivity index (χ0v) is 20.0. The maximum Gasteiger partial charge on any atom is 0.242 e. The predicted octanol–water partition coefficient (Wildman–Crippen LogP) is 5.70. The summed E-state index contributed by atoms with van der Waals surface area (Å²) in [5.41, 5.74) is 2.06.